The lowest BCUT2D eigenvalue weighted by molar-refractivity contribution is -0.140. The van der Waals surface area contributed by atoms with Crippen molar-refractivity contribution in [1.29, 1.82) is 0 Å². The first-order valence-corrected chi connectivity index (χ1v) is 17.8. The molecular formula is C36H49N7O8. The van der Waals surface area contributed by atoms with Crippen LogP contribution < -0.4 is 15.4 Å². The summed E-state index contributed by atoms with van der Waals surface area (Å²) in [6, 6.07) is 5.50. The number of ether oxygens (including phenoxy) is 2. The van der Waals surface area contributed by atoms with Crippen molar-refractivity contribution in [3.63, 3.8) is 0 Å². The molecule has 1 aliphatic carbocycles. The van der Waals surface area contributed by atoms with Crippen LogP contribution in [0.1, 0.15) is 67.9 Å². The second-order valence-electron chi connectivity index (χ2n) is 13.6. The molecule has 0 bridgehead atoms. The van der Waals surface area contributed by atoms with E-state index >= 15 is 0 Å². The van der Waals surface area contributed by atoms with E-state index in [1.807, 2.05) is 13.0 Å². The number of piperazine rings is 1. The molecule has 3 aliphatic rings. The Hall–Kier alpha value is -4.95. The topological polar surface area (TPSA) is 171 Å². The number of amides is 6. The maximum atomic E-state index is 13.8. The maximum Gasteiger partial charge on any atom is 0.409 e. The van der Waals surface area contributed by atoms with E-state index in [4.69, 9.17) is 9.47 Å². The predicted octanol–water partition coefficient (Wildman–Crippen LogP) is 1.85. The zero-order valence-corrected chi connectivity index (χ0v) is 29.9. The molecule has 1 aromatic heterocycles. The van der Waals surface area contributed by atoms with Crippen molar-refractivity contribution >= 4 is 46.5 Å². The fraction of sp³-hybridized carbons (Fsp3) is 0.583. The lowest BCUT2D eigenvalue weighted by atomic mass is 9.93. The molecule has 1 aromatic carbocycles. The molecule has 2 aliphatic heterocycles. The molecule has 2 aromatic rings. The van der Waals surface area contributed by atoms with Gasteiger partial charge in [0.2, 0.25) is 17.7 Å². The number of nitrogens with zero attached hydrogens (tertiary/aromatic N) is 5. The third-order valence-corrected chi connectivity index (χ3v) is 9.71. The van der Waals surface area contributed by atoms with Gasteiger partial charge in [0.05, 0.1) is 12.1 Å². The lowest BCUT2D eigenvalue weighted by Gasteiger charge is -2.36. The molecule has 51 heavy (non-hydrogen) atoms. The van der Waals surface area contributed by atoms with Gasteiger partial charge in [-0.1, -0.05) is 6.07 Å². The number of carbonyl (C=O) groups is 6. The van der Waals surface area contributed by atoms with Crippen LogP contribution in [0, 0.1) is 6.92 Å². The van der Waals surface area contributed by atoms with E-state index in [0.29, 0.717) is 23.9 Å². The molecule has 2 N–H and O–H groups in total. The Morgan fingerprint density at radius 3 is 2.35 bits per heavy atom. The monoisotopic (exact) mass is 707 g/mol. The zero-order valence-electron chi connectivity index (χ0n) is 29.9. The molecule has 2 atom stereocenters. The minimum absolute atomic E-state index is 0.0173. The number of aromatic nitrogens is 1. The Balaban J connectivity index is 1.31. The highest BCUT2D eigenvalue weighted by Crippen LogP contribution is 2.28. The van der Waals surface area contributed by atoms with Crippen LogP contribution in [0.3, 0.4) is 0 Å². The fourth-order valence-electron chi connectivity index (χ4n) is 6.48. The quantitative estimate of drug-likeness (QED) is 0.334. The molecule has 5 rings (SSSR count). The standard InChI is InChI=1S/C36H49N7O8/c1-5-50-36(49)42-18-16-41(17-19-42)35(48)26(13-14-31(44)40(3)4)39-33(46)28-21-30(25-12-11-23(2)20-27(25)38-28)51-22-32(45)43-15-7-10-29(43)34(47)37-24-8-6-9-24/h11-12,20-21,24,26,29H,5-10,13-19,22H2,1-4H3,(H,37,47)(H,39,46)/t26-,29-/m0/s1. The van der Waals surface area contributed by atoms with Crippen molar-refractivity contribution < 1.29 is 38.2 Å². The fourth-order valence-corrected chi connectivity index (χ4v) is 6.48. The number of pyridine rings is 1. The number of likely N-dealkylation sites (tertiary alicyclic amines) is 1. The van der Waals surface area contributed by atoms with Gasteiger partial charge in [-0.05, 0) is 70.1 Å². The highest BCUT2D eigenvalue weighted by molar-refractivity contribution is 5.99. The number of hydrogen-bond acceptors (Lipinski definition) is 9. The molecule has 15 nitrogen and oxygen atoms in total. The number of rotatable bonds is 12. The molecule has 6 amide bonds. The van der Waals surface area contributed by atoms with Crippen LogP contribution in [0.15, 0.2) is 24.3 Å². The van der Waals surface area contributed by atoms with E-state index in [9.17, 15) is 28.8 Å². The van der Waals surface area contributed by atoms with Gasteiger partial charge in [0.1, 0.15) is 23.5 Å². The molecule has 15 heteroatoms. The lowest BCUT2D eigenvalue weighted by Crippen LogP contribution is -2.56. The van der Waals surface area contributed by atoms with Crippen molar-refractivity contribution in [3.05, 3.63) is 35.5 Å². The van der Waals surface area contributed by atoms with Gasteiger partial charge in [-0.2, -0.15) is 0 Å². The van der Waals surface area contributed by atoms with Crippen LogP contribution in [0.4, 0.5) is 4.79 Å². The number of benzene rings is 1. The number of carbonyl (C=O) groups excluding carboxylic acids is 6. The average Bonchev–Trinajstić information content (AvgIpc) is 3.60. The van der Waals surface area contributed by atoms with E-state index in [-0.39, 0.29) is 93.3 Å². The van der Waals surface area contributed by atoms with E-state index in [1.54, 1.807) is 43.0 Å². The molecule has 0 unspecified atom stereocenters. The van der Waals surface area contributed by atoms with Gasteiger partial charge >= 0.3 is 6.09 Å². The van der Waals surface area contributed by atoms with Crippen LogP contribution in [-0.2, 0) is 23.9 Å². The van der Waals surface area contributed by atoms with Gasteiger partial charge in [-0.3, -0.25) is 24.0 Å². The average molecular weight is 708 g/mol. The second-order valence-corrected chi connectivity index (χ2v) is 13.6. The summed E-state index contributed by atoms with van der Waals surface area (Å²) in [6.45, 7) is 5.00. The van der Waals surface area contributed by atoms with Crippen LogP contribution in [-0.4, -0.2) is 138 Å². The second kappa shape index (κ2) is 16.8. The zero-order chi connectivity index (χ0) is 36.7. The molecule has 0 spiro atoms. The van der Waals surface area contributed by atoms with Crippen LogP contribution in [0.2, 0.25) is 0 Å². The summed E-state index contributed by atoms with van der Waals surface area (Å²) < 4.78 is 11.1. The first-order chi connectivity index (χ1) is 24.4. The van der Waals surface area contributed by atoms with Crippen molar-refractivity contribution in [2.24, 2.45) is 0 Å². The summed E-state index contributed by atoms with van der Waals surface area (Å²) in [7, 11) is 3.24. The van der Waals surface area contributed by atoms with Gasteiger partial charge in [0.15, 0.2) is 6.61 Å². The summed E-state index contributed by atoms with van der Waals surface area (Å²) in [5, 5.41) is 6.43. The number of fused-ring (bicyclic) bond motifs is 1. The van der Waals surface area contributed by atoms with E-state index in [0.717, 1.165) is 31.2 Å². The van der Waals surface area contributed by atoms with Gasteiger partial charge in [-0.15, -0.1) is 0 Å². The van der Waals surface area contributed by atoms with Crippen molar-refractivity contribution in [2.45, 2.75) is 76.9 Å². The minimum atomic E-state index is -1.05. The van der Waals surface area contributed by atoms with E-state index in [2.05, 4.69) is 15.6 Å². The Kier molecular flexibility index (Phi) is 12.3. The molecule has 3 fully saturated rings. The number of nitrogens with one attached hydrogen (secondary N) is 2. The van der Waals surface area contributed by atoms with Crippen molar-refractivity contribution in [2.75, 3.05) is 60.0 Å². The summed E-state index contributed by atoms with van der Waals surface area (Å²) in [5.74, 6) is -1.43. The van der Waals surface area contributed by atoms with Crippen molar-refractivity contribution in [3.8, 4) is 5.75 Å². The highest BCUT2D eigenvalue weighted by Gasteiger charge is 2.36. The SMILES string of the molecule is CCOC(=O)N1CCN(C(=O)[C@H](CCC(=O)N(C)C)NC(=O)c2cc(OCC(=O)N3CCC[C@H]3C(=O)NC3CCC3)c3ccc(C)cc3n2)CC1. The van der Waals surface area contributed by atoms with E-state index in [1.165, 1.54) is 15.9 Å². The van der Waals surface area contributed by atoms with Gasteiger partial charge < -0.3 is 39.7 Å². The minimum Gasteiger partial charge on any atom is -0.483 e. The normalized spacial score (nSPS) is 18.1. The Morgan fingerprint density at radius 1 is 0.961 bits per heavy atom. The van der Waals surface area contributed by atoms with Crippen LogP contribution in [0.25, 0.3) is 10.9 Å². The smallest absolute Gasteiger partial charge is 0.409 e. The van der Waals surface area contributed by atoms with Crippen molar-refractivity contribution in [1.82, 2.24) is 35.2 Å². The van der Waals surface area contributed by atoms with Gasteiger partial charge in [0.25, 0.3) is 11.8 Å². The third kappa shape index (κ3) is 9.24. The molecule has 2 saturated heterocycles. The Bertz CT molecular complexity index is 1640. The maximum absolute atomic E-state index is 13.8. The van der Waals surface area contributed by atoms with E-state index < -0.39 is 24.1 Å². The number of aryl methyl sites for hydroxylation is 1. The molecular weight excluding hydrogens is 658 g/mol. The van der Waals surface area contributed by atoms with Crippen LogP contribution in [0.5, 0.6) is 5.75 Å². The first-order valence-electron chi connectivity index (χ1n) is 17.8. The molecule has 1 saturated carbocycles. The molecule has 0 radical (unpaired) electrons. The van der Waals surface area contributed by atoms with Gasteiger partial charge in [-0.25, -0.2) is 9.78 Å². The molecule has 3 heterocycles. The summed E-state index contributed by atoms with van der Waals surface area (Å²) in [5.41, 5.74) is 1.33. The molecule has 276 valence electrons. The Labute approximate surface area is 298 Å². The number of hydrogen-bond donors (Lipinski definition) is 2. The highest BCUT2D eigenvalue weighted by atomic mass is 16.6. The summed E-state index contributed by atoms with van der Waals surface area (Å²) in [6.07, 6.45) is 3.94. The Morgan fingerprint density at radius 2 is 1.69 bits per heavy atom. The van der Waals surface area contributed by atoms with Gasteiger partial charge in [0, 0.05) is 70.7 Å². The third-order valence-electron chi connectivity index (χ3n) is 9.71. The predicted molar refractivity (Wildman–Crippen MR) is 187 cm³/mol. The summed E-state index contributed by atoms with van der Waals surface area (Å²) in [4.78, 5) is 89.2. The largest absolute Gasteiger partial charge is 0.483 e. The van der Waals surface area contributed by atoms with Crippen LogP contribution >= 0.6 is 0 Å². The summed E-state index contributed by atoms with van der Waals surface area (Å²) >= 11 is 0. The first kappa shape index (κ1) is 37.3.